The second-order valence-corrected chi connectivity index (χ2v) is 8.65. The molecule has 7 nitrogen and oxygen atoms in total. The molecule has 0 aromatic heterocycles. The summed E-state index contributed by atoms with van der Waals surface area (Å²) >= 11 is 6.56. The summed E-state index contributed by atoms with van der Waals surface area (Å²) in [5.41, 5.74) is 1.67. The molecule has 0 spiro atoms. The predicted molar refractivity (Wildman–Crippen MR) is 129 cm³/mol. The third kappa shape index (κ3) is 5.80. The Morgan fingerprint density at radius 3 is 2.47 bits per heavy atom. The number of nitrogens with one attached hydrogen (secondary N) is 1. The molecule has 0 atom stereocenters. The van der Waals surface area contributed by atoms with E-state index in [9.17, 15) is 14.7 Å². The number of phenolic OH excluding ortho intramolecular Hbond substituents is 1. The molecule has 1 aliphatic heterocycles. The van der Waals surface area contributed by atoms with Gasteiger partial charge in [-0.1, -0.05) is 54.3 Å². The molecule has 1 saturated heterocycles. The number of phenols is 1. The van der Waals surface area contributed by atoms with Gasteiger partial charge in [0.25, 0.3) is 5.91 Å². The fraction of sp³-hybridized carbons (Fsp3) is 0.261. The second-order valence-electron chi connectivity index (χ2n) is 6.97. The van der Waals surface area contributed by atoms with Crippen molar-refractivity contribution in [2.45, 2.75) is 19.4 Å². The molecule has 0 unspecified atom stereocenters. The molecule has 2 aromatic rings. The van der Waals surface area contributed by atoms with Crippen molar-refractivity contribution >= 4 is 46.2 Å². The maximum atomic E-state index is 12.8. The van der Waals surface area contributed by atoms with Gasteiger partial charge in [-0.3, -0.25) is 14.5 Å². The van der Waals surface area contributed by atoms with Gasteiger partial charge in [-0.15, -0.1) is 0 Å². The van der Waals surface area contributed by atoms with Crippen molar-refractivity contribution in [3.05, 3.63) is 58.5 Å². The zero-order valence-electron chi connectivity index (χ0n) is 17.8. The number of nitrogens with zero attached hydrogens (tertiary/aromatic N) is 1. The highest BCUT2D eigenvalue weighted by Gasteiger charge is 2.31. The Kier molecular flexibility index (Phi) is 8.13. The van der Waals surface area contributed by atoms with Gasteiger partial charge in [0, 0.05) is 19.5 Å². The lowest BCUT2D eigenvalue weighted by atomic mass is 10.1. The topological polar surface area (TPSA) is 88.1 Å². The van der Waals surface area contributed by atoms with E-state index in [-0.39, 0.29) is 29.1 Å². The van der Waals surface area contributed by atoms with Crippen molar-refractivity contribution in [2.24, 2.45) is 0 Å². The van der Waals surface area contributed by atoms with Gasteiger partial charge in [0.1, 0.15) is 4.32 Å². The van der Waals surface area contributed by atoms with Crippen molar-refractivity contribution in [1.29, 1.82) is 0 Å². The lowest BCUT2D eigenvalue weighted by molar-refractivity contribution is -0.124. The van der Waals surface area contributed by atoms with Crippen LogP contribution in [0.25, 0.3) is 6.08 Å². The summed E-state index contributed by atoms with van der Waals surface area (Å²) in [7, 11) is 2.88. The number of thioether (sulfide) groups is 1. The van der Waals surface area contributed by atoms with E-state index in [1.807, 2.05) is 30.3 Å². The molecule has 2 N–H and O–H groups in total. The van der Waals surface area contributed by atoms with Gasteiger partial charge in [-0.05, 0) is 35.8 Å². The SMILES string of the molecule is COc1cc(/C=C2\SC(=S)N(CCCC(=O)NCc3ccccc3)C2=O)cc(OC)c1O. The highest BCUT2D eigenvalue weighted by molar-refractivity contribution is 8.26. The Morgan fingerprint density at radius 2 is 1.84 bits per heavy atom. The Balaban J connectivity index is 1.57. The van der Waals surface area contributed by atoms with Crippen LogP contribution in [0.3, 0.4) is 0 Å². The van der Waals surface area contributed by atoms with Crippen molar-refractivity contribution in [3.8, 4) is 17.2 Å². The van der Waals surface area contributed by atoms with Crippen LogP contribution in [-0.2, 0) is 16.1 Å². The van der Waals surface area contributed by atoms with Crippen molar-refractivity contribution in [2.75, 3.05) is 20.8 Å². The van der Waals surface area contributed by atoms with Crippen LogP contribution in [0.5, 0.6) is 17.2 Å². The van der Waals surface area contributed by atoms with Gasteiger partial charge < -0.3 is 19.9 Å². The molecule has 0 bridgehead atoms. The number of benzene rings is 2. The van der Waals surface area contributed by atoms with Gasteiger partial charge in [-0.2, -0.15) is 0 Å². The Hall–Kier alpha value is -3.04. The zero-order chi connectivity index (χ0) is 23.1. The summed E-state index contributed by atoms with van der Waals surface area (Å²) in [4.78, 5) is 26.9. The highest BCUT2D eigenvalue weighted by Crippen LogP contribution is 2.39. The number of hydrogen-bond donors (Lipinski definition) is 2. The first-order valence-electron chi connectivity index (χ1n) is 9.94. The van der Waals surface area contributed by atoms with Crippen molar-refractivity contribution < 1.29 is 24.2 Å². The number of thiocarbonyl (C=S) groups is 1. The highest BCUT2D eigenvalue weighted by atomic mass is 32.2. The second kappa shape index (κ2) is 11.0. The number of aromatic hydroxyl groups is 1. The summed E-state index contributed by atoms with van der Waals surface area (Å²) < 4.78 is 10.8. The predicted octanol–water partition coefficient (Wildman–Crippen LogP) is 3.71. The van der Waals surface area contributed by atoms with E-state index in [2.05, 4.69) is 5.32 Å². The first-order chi connectivity index (χ1) is 15.4. The maximum Gasteiger partial charge on any atom is 0.266 e. The molecule has 2 amide bonds. The fourth-order valence-corrected chi connectivity index (χ4v) is 4.43. The van der Waals surface area contributed by atoms with Crippen LogP contribution in [0.4, 0.5) is 0 Å². The van der Waals surface area contributed by atoms with Crippen LogP contribution in [0.2, 0.25) is 0 Å². The van der Waals surface area contributed by atoms with E-state index in [4.69, 9.17) is 21.7 Å². The summed E-state index contributed by atoms with van der Waals surface area (Å²) in [6.07, 6.45) is 2.48. The van der Waals surface area contributed by atoms with Crippen LogP contribution < -0.4 is 14.8 Å². The molecule has 1 aliphatic rings. The van der Waals surface area contributed by atoms with Gasteiger partial charge in [-0.25, -0.2) is 0 Å². The van der Waals surface area contributed by atoms with Gasteiger partial charge in [0.15, 0.2) is 11.5 Å². The van der Waals surface area contributed by atoms with Crippen molar-refractivity contribution in [3.63, 3.8) is 0 Å². The quantitative estimate of drug-likeness (QED) is 0.425. The molecule has 1 fully saturated rings. The summed E-state index contributed by atoms with van der Waals surface area (Å²) in [6.45, 7) is 0.839. The largest absolute Gasteiger partial charge is 0.502 e. The number of carbonyl (C=O) groups excluding carboxylic acids is 2. The number of hydrogen-bond acceptors (Lipinski definition) is 7. The van der Waals surface area contributed by atoms with Gasteiger partial charge >= 0.3 is 0 Å². The average Bonchev–Trinajstić information content (AvgIpc) is 3.06. The normalized spacial score (nSPS) is 14.7. The third-order valence-electron chi connectivity index (χ3n) is 4.79. The summed E-state index contributed by atoms with van der Waals surface area (Å²) in [5.74, 6) is 0.0965. The van der Waals surface area contributed by atoms with E-state index in [1.54, 1.807) is 18.2 Å². The summed E-state index contributed by atoms with van der Waals surface area (Å²) in [5, 5.41) is 12.9. The molecule has 0 saturated carbocycles. The van der Waals surface area contributed by atoms with Gasteiger partial charge in [0.2, 0.25) is 11.7 Å². The van der Waals surface area contributed by atoms with E-state index >= 15 is 0 Å². The maximum absolute atomic E-state index is 12.8. The number of rotatable bonds is 9. The van der Waals surface area contributed by atoms with Gasteiger partial charge in [0.05, 0.1) is 19.1 Å². The van der Waals surface area contributed by atoms with E-state index in [0.29, 0.717) is 40.7 Å². The minimum absolute atomic E-state index is 0.0712. The minimum Gasteiger partial charge on any atom is -0.502 e. The molecular formula is C23H24N2O5S2. The number of ether oxygens (including phenoxy) is 2. The molecular weight excluding hydrogens is 448 g/mol. The standard InChI is InChI=1S/C23H24N2O5S2/c1-29-17-11-16(12-18(30-2)21(17)27)13-19-22(28)25(23(31)32-19)10-6-9-20(26)24-14-15-7-4-3-5-8-15/h3-5,7-8,11-13,27H,6,9-10,14H2,1-2H3,(H,24,26)/b19-13-. The average molecular weight is 473 g/mol. The van der Waals surface area contributed by atoms with Crippen LogP contribution in [0.15, 0.2) is 47.4 Å². The monoisotopic (exact) mass is 472 g/mol. The molecule has 32 heavy (non-hydrogen) atoms. The Morgan fingerprint density at radius 1 is 1.19 bits per heavy atom. The van der Waals surface area contributed by atoms with Crippen LogP contribution in [0.1, 0.15) is 24.0 Å². The van der Waals surface area contributed by atoms with E-state index in [1.165, 1.54) is 30.9 Å². The molecule has 1 heterocycles. The molecule has 2 aromatic carbocycles. The van der Waals surface area contributed by atoms with Crippen LogP contribution in [0, 0.1) is 0 Å². The van der Waals surface area contributed by atoms with E-state index < -0.39 is 0 Å². The lowest BCUT2D eigenvalue weighted by Crippen LogP contribution is -2.30. The summed E-state index contributed by atoms with van der Waals surface area (Å²) in [6, 6.07) is 12.9. The molecule has 3 rings (SSSR count). The smallest absolute Gasteiger partial charge is 0.266 e. The molecule has 9 heteroatoms. The molecule has 0 radical (unpaired) electrons. The molecule has 0 aliphatic carbocycles. The third-order valence-corrected chi connectivity index (χ3v) is 6.17. The minimum atomic E-state index is -0.212. The van der Waals surface area contributed by atoms with Crippen LogP contribution >= 0.6 is 24.0 Å². The lowest BCUT2D eigenvalue weighted by Gasteiger charge is -2.14. The Bertz CT molecular complexity index is 1010. The number of amides is 2. The first-order valence-corrected chi connectivity index (χ1v) is 11.2. The fourth-order valence-electron chi connectivity index (χ4n) is 3.12. The van der Waals surface area contributed by atoms with Crippen molar-refractivity contribution in [1.82, 2.24) is 10.2 Å². The number of methoxy groups -OCH3 is 2. The molecule has 168 valence electrons. The van der Waals surface area contributed by atoms with Crippen LogP contribution in [-0.4, -0.2) is 46.9 Å². The van der Waals surface area contributed by atoms with E-state index in [0.717, 1.165) is 5.56 Å². The number of carbonyl (C=O) groups is 2. The Labute approximate surface area is 196 Å². The first kappa shape index (κ1) is 23.6. The zero-order valence-corrected chi connectivity index (χ0v) is 19.4.